The minimum atomic E-state index is 0.379. The van der Waals surface area contributed by atoms with E-state index >= 15 is 0 Å². The minimum Gasteiger partial charge on any atom is -0.359 e. The molecule has 0 saturated heterocycles. The van der Waals surface area contributed by atoms with Crippen molar-refractivity contribution in [3.63, 3.8) is 0 Å². The number of aromatic nitrogens is 1. The lowest BCUT2D eigenvalue weighted by molar-refractivity contribution is 0.365. The summed E-state index contributed by atoms with van der Waals surface area (Å²) in [6, 6.07) is 1.98. The van der Waals surface area contributed by atoms with Crippen molar-refractivity contribution in [3.8, 4) is 0 Å². The van der Waals surface area contributed by atoms with Gasteiger partial charge in [-0.3, -0.25) is 0 Å². The van der Waals surface area contributed by atoms with E-state index in [1.165, 1.54) is 6.42 Å². The standard InChI is InChI=1S/C17H32N4O/c1-7-18-16(19-10-8-9-17(4,5)6)20-12-14-11-15(13(2)3)21-22-14/h11,13H,7-10,12H2,1-6H3,(H2,18,19,20). The molecular formula is C17H32N4O. The molecule has 0 bridgehead atoms. The van der Waals surface area contributed by atoms with E-state index < -0.39 is 0 Å². The van der Waals surface area contributed by atoms with Crippen molar-refractivity contribution in [2.45, 2.75) is 66.8 Å². The van der Waals surface area contributed by atoms with Crippen LogP contribution in [0.5, 0.6) is 0 Å². The van der Waals surface area contributed by atoms with Crippen molar-refractivity contribution in [2.75, 3.05) is 13.1 Å². The maximum atomic E-state index is 5.31. The molecule has 0 aliphatic rings. The average Bonchev–Trinajstić information content (AvgIpc) is 2.88. The Morgan fingerprint density at radius 3 is 2.59 bits per heavy atom. The van der Waals surface area contributed by atoms with E-state index in [0.29, 0.717) is 17.9 Å². The van der Waals surface area contributed by atoms with Gasteiger partial charge >= 0.3 is 0 Å². The van der Waals surface area contributed by atoms with Gasteiger partial charge in [0.2, 0.25) is 0 Å². The lowest BCUT2D eigenvalue weighted by atomic mass is 9.91. The van der Waals surface area contributed by atoms with Crippen LogP contribution in [0.25, 0.3) is 0 Å². The van der Waals surface area contributed by atoms with Gasteiger partial charge in [0.25, 0.3) is 0 Å². The van der Waals surface area contributed by atoms with Gasteiger partial charge in [-0.05, 0) is 31.1 Å². The topological polar surface area (TPSA) is 62.5 Å². The van der Waals surface area contributed by atoms with Crippen LogP contribution in [0.15, 0.2) is 15.6 Å². The fourth-order valence-corrected chi connectivity index (χ4v) is 2.00. The highest BCUT2D eigenvalue weighted by Gasteiger charge is 2.10. The summed E-state index contributed by atoms with van der Waals surface area (Å²) in [6.07, 6.45) is 2.33. The second kappa shape index (κ2) is 8.81. The molecule has 0 spiro atoms. The molecule has 1 aromatic heterocycles. The van der Waals surface area contributed by atoms with Gasteiger partial charge in [-0.2, -0.15) is 0 Å². The van der Waals surface area contributed by atoms with Crippen LogP contribution in [0.4, 0.5) is 0 Å². The van der Waals surface area contributed by atoms with Crippen molar-refractivity contribution in [1.82, 2.24) is 15.8 Å². The first-order valence-electron chi connectivity index (χ1n) is 8.29. The Hall–Kier alpha value is -1.52. The Bertz CT molecular complexity index is 457. The van der Waals surface area contributed by atoms with Gasteiger partial charge in [-0.15, -0.1) is 0 Å². The molecule has 0 aliphatic heterocycles. The highest BCUT2D eigenvalue weighted by atomic mass is 16.5. The third-order valence-electron chi connectivity index (χ3n) is 3.30. The van der Waals surface area contributed by atoms with Crippen molar-refractivity contribution in [3.05, 3.63) is 17.5 Å². The quantitative estimate of drug-likeness (QED) is 0.458. The first-order chi connectivity index (χ1) is 10.3. The molecule has 1 rings (SSSR count). The number of hydrogen-bond donors (Lipinski definition) is 2. The number of nitrogens with zero attached hydrogens (tertiary/aromatic N) is 2. The Morgan fingerprint density at radius 1 is 1.32 bits per heavy atom. The van der Waals surface area contributed by atoms with E-state index in [1.54, 1.807) is 0 Å². The largest absolute Gasteiger partial charge is 0.359 e. The first-order valence-corrected chi connectivity index (χ1v) is 8.29. The highest BCUT2D eigenvalue weighted by molar-refractivity contribution is 5.79. The van der Waals surface area contributed by atoms with Crippen LogP contribution in [0.2, 0.25) is 0 Å². The third kappa shape index (κ3) is 7.48. The zero-order valence-electron chi connectivity index (χ0n) is 15.0. The van der Waals surface area contributed by atoms with E-state index in [1.807, 2.05) is 6.07 Å². The van der Waals surface area contributed by atoms with E-state index in [4.69, 9.17) is 4.52 Å². The Labute approximate surface area is 135 Å². The number of hydrogen-bond acceptors (Lipinski definition) is 3. The number of rotatable bonds is 7. The molecule has 0 fully saturated rings. The van der Waals surface area contributed by atoms with Gasteiger partial charge in [0.1, 0.15) is 6.54 Å². The maximum Gasteiger partial charge on any atom is 0.191 e. The molecular weight excluding hydrogens is 276 g/mol. The molecule has 2 N–H and O–H groups in total. The van der Waals surface area contributed by atoms with Gasteiger partial charge in [0.05, 0.1) is 5.69 Å². The monoisotopic (exact) mass is 308 g/mol. The summed E-state index contributed by atoms with van der Waals surface area (Å²) in [6.45, 7) is 15.4. The van der Waals surface area contributed by atoms with Crippen molar-refractivity contribution in [2.24, 2.45) is 10.4 Å². The molecule has 1 aromatic rings. The predicted octanol–water partition coefficient (Wildman–Crippen LogP) is 3.68. The Balaban J connectivity index is 2.47. The van der Waals surface area contributed by atoms with Gasteiger partial charge in [0.15, 0.2) is 11.7 Å². The zero-order chi connectivity index (χ0) is 16.6. The van der Waals surface area contributed by atoms with E-state index in [9.17, 15) is 0 Å². The summed E-state index contributed by atoms with van der Waals surface area (Å²) >= 11 is 0. The molecule has 0 radical (unpaired) electrons. The summed E-state index contributed by atoms with van der Waals surface area (Å²) in [4.78, 5) is 4.55. The fraction of sp³-hybridized carbons (Fsp3) is 0.765. The number of aliphatic imine (C=N–C) groups is 1. The zero-order valence-corrected chi connectivity index (χ0v) is 15.0. The normalized spacial score (nSPS) is 12.8. The van der Waals surface area contributed by atoms with Crippen molar-refractivity contribution < 1.29 is 4.52 Å². The van der Waals surface area contributed by atoms with Gasteiger partial charge in [0, 0.05) is 19.2 Å². The summed E-state index contributed by atoms with van der Waals surface area (Å²) in [5.41, 5.74) is 1.36. The SMILES string of the molecule is CCNC(=NCc1cc(C(C)C)no1)NCCCC(C)(C)C. The Kier molecular flexibility index (Phi) is 7.42. The summed E-state index contributed by atoms with van der Waals surface area (Å²) in [7, 11) is 0. The third-order valence-corrected chi connectivity index (χ3v) is 3.30. The molecule has 0 aromatic carbocycles. The van der Waals surface area contributed by atoms with Crippen LogP contribution in [-0.2, 0) is 6.54 Å². The summed E-state index contributed by atoms with van der Waals surface area (Å²) < 4.78 is 5.31. The molecule has 1 heterocycles. The summed E-state index contributed by atoms with van der Waals surface area (Å²) in [5, 5.41) is 10.7. The second-order valence-electron chi connectivity index (χ2n) is 7.16. The van der Waals surface area contributed by atoms with Crippen LogP contribution in [0.1, 0.15) is 71.8 Å². The van der Waals surface area contributed by atoms with Gasteiger partial charge < -0.3 is 15.2 Å². The number of nitrogens with one attached hydrogen (secondary N) is 2. The molecule has 0 atom stereocenters. The van der Waals surface area contributed by atoms with Crippen LogP contribution in [-0.4, -0.2) is 24.2 Å². The molecule has 126 valence electrons. The number of guanidine groups is 1. The van der Waals surface area contributed by atoms with Crippen molar-refractivity contribution >= 4 is 5.96 Å². The van der Waals surface area contributed by atoms with E-state index in [0.717, 1.165) is 36.9 Å². The van der Waals surface area contributed by atoms with Crippen molar-refractivity contribution in [1.29, 1.82) is 0 Å². The summed E-state index contributed by atoms with van der Waals surface area (Å²) in [5.74, 6) is 2.01. The van der Waals surface area contributed by atoms with Crippen LogP contribution in [0.3, 0.4) is 0 Å². The lowest BCUT2D eigenvalue weighted by Gasteiger charge is -2.18. The molecule has 0 amide bonds. The van der Waals surface area contributed by atoms with Gasteiger partial charge in [-0.1, -0.05) is 39.8 Å². The highest BCUT2D eigenvalue weighted by Crippen LogP contribution is 2.19. The van der Waals surface area contributed by atoms with Crippen LogP contribution < -0.4 is 10.6 Å². The fourth-order valence-electron chi connectivity index (χ4n) is 2.00. The van der Waals surface area contributed by atoms with Crippen LogP contribution >= 0.6 is 0 Å². The average molecular weight is 308 g/mol. The molecule has 5 nitrogen and oxygen atoms in total. The molecule has 5 heteroatoms. The molecule has 0 saturated carbocycles. The second-order valence-corrected chi connectivity index (χ2v) is 7.16. The van der Waals surface area contributed by atoms with Crippen LogP contribution in [0, 0.1) is 5.41 Å². The molecule has 0 unspecified atom stereocenters. The lowest BCUT2D eigenvalue weighted by Crippen LogP contribution is -2.38. The van der Waals surface area contributed by atoms with Gasteiger partial charge in [-0.25, -0.2) is 4.99 Å². The van der Waals surface area contributed by atoms with E-state index in [-0.39, 0.29) is 0 Å². The molecule has 0 aliphatic carbocycles. The van der Waals surface area contributed by atoms with E-state index in [2.05, 4.69) is 62.3 Å². The predicted molar refractivity (Wildman–Crippen MR) is 92.1 cm³/mol. The smallest absolute Gasteiger partial charge is 0.191 e. The maximum absolute atomic E-state index is 5.31. The minimum absolute atomic E-state index is 0.379. The Morgan fingerprint density at radius 2 is 2.05 bits per heavy atom. The molecule has 22 heavy (non-hydrogen) atoms. The first kappa shape index (κ1) is 18.5.